The average molecular weight is 295 g/mol. The van der Waals surface area contributed by atoms with Crippen LogP contribution in [-0.4, -0.2) is 36.7 Å². The first kappa shape index (κ1) is 14.2. The summed E-state index contributed by atoms with van der Waals surface area (Å²) in [5.41, 5.74) is 7.21. The van der Waals surface area contributed by atoms with Gasteiger partial charge >= 0.3 is 0 Å². The van der Waals surface area contributed by atoms with Gasteiger partial charge in [0.15, 0.2) is 0 Å². The highest BCUT2D eigenvalue weighted by Crippen LogP contribution is 2.32. The molecule has 0 saturated heterocycles. The van der Waals surface area contributed by atoms with Crippen LogP contribution in [0.25, 0.3) is 0 Å². The fraction of sp³-hybridized carbons (Fsp3) is 0.625. The number of benzene rings is 1. The van der Waals surface area contributed by atoms with Gasteiger partial charge in [0, 0.05) is 30.1 Å². The fourth-order valence-electron chi connectivity index (χ4n) is 3.40. The molecule has 1 aromatic rings. The molecule has 110 valence electrons. The Kier molecular flexibility index (Phi) is 4.20. The van der Waals surface area contributed by atoms with Gasteiger partial charge in [0.05, 0.1) is 0 Å². The third-order valence-corrected chi connectivity index (χ3v) is 4.86. The quantitative estimate of drug-likeness (QED) is 0.932. The van der Waals surface area contributed by atoms with Crippen LogP contribution in [0, 0.1) is 0 Å². The number of rotatable bonds is 3. The Morgan fingerprint density at radius 2 is 2.05 bits per heavy atom. The van der Waals surface area contributed by atoms with Gasteiger partial charge in [-0.25, -0.2) is 0 Å². The lowest BCUT2D eigenvalue weighted by Crippen LogP contribution is -2.42. The monoisotopic (exact) mass is 294 g/mol. The van der Waals surface area contributed by atoms with Crippen LogP contribution in [0.15, 0.2) is 18.2 Å². The van der Waals surface area contributed by atoms with Gasteiger partial charge in [-0.15, -0.1) is 0 Å². The van der Waals surface area contributed by atoms with Crippen LogP contribution >= 0.6 is 11.6 Å². The van der Waals surface area contributed by atoms with Gasteiger partial charge in [0.25, 0.3) is 0 Å². The molecule has 1 atom stereocenters. The van der Waals surface area contributed by atoms with E-state index in [1.807, 2.05) is 18.2 Å². The summed E-state index contributed by atoms with van der Waals surface area (Å²) in [7, 11) is 2.21. The maximum atomic E-state index is 6.03. The van der Waals surface area contributed by atoms with E-state index in [0.717, 1.165) is 36.6 Å². The molecule has 2 N–H and O–H groups in total. The number of nitrogens with two attached hydrogens (primary N) is 1. The van der Waals surface area contributed by atoms with Gasteiger partial charge in [-0.2, -0.15) is 0 Å². The summed E-state index contributed by atoms with van der Waals surface area (Å²) in [6.45, 7) is 0.978. The Bertz CT molecular complexity index is 472. The number of halogens is 1. The first-order valence-electron chi connectivity index (χ1n) is 7.52. The van der Waals surface area contributed by atoms with Crippen LogP contribution in [-0.2, 0) is 6.42 Å². The molecular weight excluding hydrogens is 272 g/mol. The lowest BCUT2D eigenvalue weighted by Gasteiger charge is -2.34. The largest absolute Gasteiger partial charge is 0.488 e. The van der Waals surface area contributed by atoms with E-state index in [9.17, 15) is 0 Å². The third kappa shape index (κ3) is 3.11. The molecule has 1 aliphatic heterocycles. The van der Waals surface area contributed by atoms with Crippen LogP contribution in [0.3, 0.4) is 0 Å². The molecule has 4 heteroatoms. The van der Waals surface area contributed by atoms with E-state index in [-0.39, 0.29) is 6.10 Å². The molecule has 0 radical (unpaired) electrons. The Hall–Kier alpha value is -0.770. The Morgan fingerprint density at radius 1 is 1.30 bits per heavy atom. The molecule has 3 nitrogen and oxygen atoms in total. The van der Waals surface area contributed by atoms with Crippen LogP contribution in [0.5, 0.6) is 5.75 Å². The van der Waals surface area contributed by atoms with Crippen molar-refractivity contribution in [3.05, 3.63) is 28.8 Å². The Labute approximate surface area is 126 Å². The molecule has 0 spiro atoms. The molecule has 1 fully saturated rings. The highest BCUT2D eigenvalue weighted by atomic mass is 35.5. The van der Waals surface area contributed by atoms with Crippen molar-refractivity contribution >= 4 is 11.6 Å². The molecule has 0 aromatic heterocycles. The maximum absolute atomic E-state index is 6.03. The van der Waals surface area contributed by atoms with Crippen LogP contribution < -0.4 is 10.5 Å². The highest BCUT2D eigenvalue weighted by molar-refractivity contribution is 6.30. The topological polar surface area (TPSA) is 38.5 Å². The second-order valence-corrected chi connectivity index (χ2v) is 6.64. The molecule has 2 aliphatic rings. The summed E-state index contributed by atoms with van der Waals surface area (Å²) in [6.07, 6.45) is 5.94. The molecule has 20 heavy (non-hydrogen) atoms. The van der Waals surface area contributed by atoms with Crippen LogP contribution in [0.4, 0.5) is 0 Å². The third-order valence-electron chi connectivity index (χ3n) is 4.62. The van der Waals surface area contributed by atoms with Gasteiger partial charge in [-0.3, -0.25) is 4.90 Å². The second-order valence-electron chi connectivity index (χ2n) is 6.20. The summed E-state index contributed by atoms with van der Waals surface area (Å²) in [4.78, 5) is 2.45. The molecule has 0 amide bonds. The fourth-order valence-corrected chi connectivity index (χ4v) is 3.60. The zero-order valence-electron chi connectivity index (χ0n) is 12.0. The van der Waals surface area contributed by atoms with Crippen molar-refractivity contribution in [3.63, 3.8) is 0 Å². The number of ether oxygens (including phenoxy) is 1. The van der Waals surface area contributed by atoms with Crippen molar-refractivity contribution in [3.8, 4) is 5.75 Å². The zero-order chi connectivity index (χ0) is 14.1. The van der Waals surface area contributed by atoms with Crippen molar-refractivity contribution < 1.29 is 4.74 Å². The lowest BCUT2D eigenvalue weighted by molar-refractivity contribution is 0.117. The van der Waals surface area contributed by atoms with Crippen molar-refractivity contribution in [1.29, 1.82) is 0 Å². The minimum absolute atomic E-state index is 0.254. The molecule has 1 heterocycles. The van der Waals surface area contributed by atoms with Gasteiger partial charge in [-0.05, 0) is 56.5 Å². The van der Waals surface area contributed by atoms with Crippen molar-refractivity contribution in [2.75, 3.05) is 13.6 Å². The summed E-state index contributed by atoms with van der Waals surface area (Å²) in [6, 6.07) is 6.97. The first-order chi connectivity index (χ1) is 9.61. The molecule has 1 aromatic carbocycles. The van der Waals surface area contributed by atoms with Crippen molar-refractivity contribution in [2.24, 2.45) is 5.73 Å². The summed E-state index contributed by atoms with van der Waals surface area (Å²) < 4.78 is 6.02. The van der Waals surface area contributed by atoms with Gasteiger partial charge in [0.1, 0.15) is 11.9 Å². The molecule has 3 rings (SSSR count). The van der Waals surface area contributed by atoms with Crippen molar-refractivity contribution in [1.82, 2.24) is 4.90 Å². The van der Waals surface area contributed by atoms with E-state index in [2.05, 4.69) is 11.9 Å². The summed E-state index contributed by atoms with van der Waals surface area (Å²) >= 11 is 6.03. The van der Waals surface area contributed by atoms with E-state index < -0.39 is 0 Å². The van der Waals surface area contributed by atoms with Gasteiger partial charge in [0.2, 0.25) is 0 Å². The van der Waals surface area contributed by atoms with Crippen LogP contribution in [0.2, 0.25) is 5.02 Å². The summed E-state index contributed by atoms with van der Waals surface area (Å²) in [5.74, 6) is 0.999. The molecule has 0 bridgehead atoms. The number of likely N-dealkylation sites (N-methyl/N-ethyl adjacent to an activating group) is 1. The highest BCUT2D eigenvalue weighted by Gasteiger charge is 2.28. The van der Waals surface area contributed by atoms with E-state index >= 15 is 0 Å². The standard InChI is InChI=1S/C16H23ClN2O/c1-19(14-5-3-13(18)4-6-14)10-15-9-11-8-12(17)2-7-16(11)20-15/h2,7-8,13-15H,3-6,9-10,18H2,1H3. The maximum Gasteiger partial charge on any atom is 0.123 e. The van der Waals surface area contributed by atoms with E-state index in [0.29, 0.717) is 12.1 Å². The zero-order valence-corrected chi connectivity index (χ0v) is 12.8. The minimum Gasteiger partial charge on any atom is -0.488 e. The first-order valence-corrected chi connectivity index (χ1v) is 7.90. The average Bonchev–Trinajstić information content (AvgIpc) is 2.80. The van der Waals surface area contributed by atoms with E-state index in [1.165, 1.54) is 18.4 Å². The number of fused-ring (bicyclic) bond motifs is 1. The predicted octanol–water partition coefficient (Wildman–Crippen LogP) is 2.85. The number of nitrogens with zero attached hydrogens (tertiary/aromatic N) is 1. The number of hydrogen-bond acceptors (Lipinski definition) is 3. The predicted molar refractivity (Wildman–Crippen MR) is 82.4 cm³/mol. The number of hydrogen-bond donors (Lipinski definition) is 1. The van der Waals surface area contributed by atoms with Crippen LogP contribution in [0.1, 0.15) is 31.2 Å². The van der Waals surface area contributed by atoms with Crippen molar-refractivity contribution in [2.45, 2.75) is 50.3 Å². The minimum atomic E-state index is 0.254. The van der Waals surface area contributed by atoms with Gasteiger partial charge in [-0.1, -0.05) is 11.6 Å². The summed E-state index contributed by atoms with van der Waals surface area (Å²) in [5, 5.41) is 0.794. The molecular formula is C16H23ClN2O. The smallest absolute Gasteiger partial charge is 0.123 e. The molecule has 1 unspecified atom stereocenters. The molecule has 1 aliphatic carbocycles. The second kappa shape index (κ2) is 5.92. The lowest BCUT2D eigenvalue weighted by atomic mass is 9.91. The Morgan fingerprint density at radius 3 is 2.80 bits per heavy atom. The normalized spacial score (nSPS) is 29.3. The van der Waals surface area contributed by atoms with Gasteiger partial charge < -0.3 is 10.5 Å². The van der Waals surface area contributed by atoms with E-state index in [1.54, 1.807) is 0 Å². The molecule has 1 saturated carbocycles. The van der Waals surface area contributed by atoms with E-state index in [4.69, 9.17) is 22.1 Å². The Balaban J connectivity index is 1.55. The SMILES string of the molecule is CN(CC1Cc2cc(Cl)ccc2O1)C1CCC(N)CC1.